The number of nitrogens with zero attached hydrogens (tertiary/aromatic N) is 1. The van der Waals surface area contributed by atoms with Crippen LogP contribution in [0.5, 0.6) is 0 Å². The van der Waals surface area contributed by atoms with E-state index >= 15 is 0 Å². The summed E-state index contributed by atoms with van der Waals surface area (Å²) in [4.78, 5) is 25.7. The Hall–Kier alpha value is -1.88. The third-order valence-electron chi connectivity index (χ3n) is 6.45. The number of carboxylic acid groups (broad SMARTS) is 1. The van der Waals surface area contributed by atoms with Gasteiger partial charge in [0.15, 0.2) is 0 Å². The average molecular weight is 370 g/mol. The van der Waals surface area contributed by atoms with Gasteiger partial charge in [-0.25, -0.2) is 0 Å². The van der Waals surface area contributed by atoms with Crippen molar-refractivity contribution in [2.45, 2.75) is 63.5 Å². The van der Waals surface area contributed by atoms with Gasteiger partial charge in [0, 0.05) is 25.0 Å². The number of carboxylic acids is 1. The summed E-state index contributed by atoms with van der Waals surface area (Å²) in [7, 11) is 0. The lowest BCUT2D eigenvalue weighted by atomic mass is 9.81. The standard InChI is InChI=1S/C22H30N2O3/c25-21(10-16-7-8-17-3-1-2-4-18(17)9-16)23-19-11-20(12-19)24(14-22(26)27)13-15-5-6-15/h1-4,15-16,19-20H,5-14H2,(H,23,25)(H,26,27). The van der Waals surface area contributed by atoms with Gasteiger partial charge in [-0.05, 0) is 67.9 Å². The van der Waals surface area contributed by atoms with Crippen molar-refractivity contribution in [2.75, 3.05) is 13.1 Å². The van der Waals surface area contributed by atoms with Crippen molar-refractivity contribution in [2.24, 2.45) is 11.8 Å². The minimum atomic E-state index is -0.749. The first kappa shape index (κ1) is 18.5. The summed E-state index contributed by atoms with van der Waals surface area (Å²) < 4.78 is 0. The molecule has 5 nitrogen and oxygen atoms in total. The van der Waals surface area contributed by atoms with Gasteiger partial charge in [-0.15, -0.1) is 0 Å². The van der Waals surface area contributed by atoms with Gasteiger partial charge in [0.25, 0.3) is 0 Å². The predicted molar refractivity (Wildman–Crippen MR) is 103 cm³/mol. The largest absolute Gasteiger partial charge is 0.480 e. The van der Waals surface area contributed by atoms with Crippen molar-refractivity contribution in [1.29, 1.82) is 0 Å². The Bertz CT molecular complexity index is 695. The van der Waals surface area contributed by atoms with Crippen LogP contribution in [0.15, 0.2) is 24.3 Å². The number of amides is 1. The number of rotatable bonds is 8. The summed E-state index contributed by atoms with van der Waals surface area (Å²) in [6.45, 7) is 1.03. The lowest BCUT2D eigenvalue weighted by Gasteiger charge is -2.43. The van der Waals surface area contributed by atoms with Crippen LogP contribution in [-0.2, 0) is 22.4 Å². The minimum Gasteiger partial charge on any atom is -0.480 e. The maximum absolute atomic E-state index is 12.4. The van der Waals surface area contributed by atoms with Crippen LogP contribution in [0.1, 0.15) is 49.7 Å². The van der Waals surface area contributed by atoms with Crippen molar-refractivity contribution in [3.8, 4) is 0 Å². The molecule has 1 atom stereocenters. The Kier molecular flexibility index (Phi) is 5.48. The van der Waals surface area contributed by atoms with Crippen LogP contribution in [0.2, 0.25) is 0 Å². The van der Waals surface area contributed by atoms with E-state index in [4.69, 9.17) is 5.11 Å². The smallest absolute Gasteiger partial charge is 0.317 e. The van der Waals surface area contributed by atoms with Crippen molar-refractivity contribution in [1.82, 2.24) is 10.2 Å². The summed E-state index contributed by atoms with van der Waals surface area (Å²) >= 11 is 0. The number of hydrogen-bond donors (Lipinski definition) is 2. The van der Waals surface area contributed by atoms with Gasteiger partial charge in [-0.2, -0.15) is 0 Å². The van der Waals surface area contributed by atoms with E-state index in [0.717, 1.165) is 38.6 Å². The van der Waals surface area contributed by atoms with Gasteiger partial charge >= 0.3 is 5.97 Å². The number of benzene rings is 1. The van der Waals surface area contributed by atoms with Crippen LogP contribution < -0.4 is 5.32 Å². The van der Waals surface area contributed by atoms with Gasteiger partial charge in [0.2, 0.25) is 5.91 Å². The highest BCUT2D eigenvalue weighted by molar-refractivity contribution is 5.76. The summed E-state index contributed by atoms with van der Waals surface area (Å²) in [5.41, 5.74) is 2.83. The van der Waals surface area contributed by atoms with E-state index in [1.165, 1.54) is 24.0 Å². The zero-order valence-corrected chi connectivity index (χ0v) is 15.9. The van der Waals surface area contributed by atoms with Crippen molar-refractivity contribution in [3.63, 3.8) is 0 Å². The first-order valence-corrected chi connectivity index (χ1v) is 10.4. The Morgan fingerprint density at radius 1 is 1.07 bits per heavy atom. The van der Waals surface area contributed by atoms with E-state index in [1.54, 1.807) is 0 Å². The number of hydrogen-bond acceptors (Lipinski definition) is 3. The van der Waals surface area contributed by atoms with Crippen LogP contribution in [-0.4, -0.2) is 47.1 Å². The van der Waals surface area contributed by atoms with E-state index in [-0.39, 0.29) is 18.5 Å². The van der Waals surface area contributed by atoms with E-state index < -0.39 is 5.97 Å². The van der Waals surface area contributed by atoms with Gasteiger partial charge in [-0.1, -0.05) is 24.3 Å². The van der Waals surface area contributed by atoms with E-state index in [1.807, 2.05) is 0 Å². The van der Waals surface area contributed by atoms with Crippen molar-refractivity contribution in [3.05, 3.63) is 35.4 Å². The molecule has 0 spiro atoms. The molecular weight excluding hydrogens is 340 g/mol. The third kappa shape index (κ3) is 4.89. The van der Waals surface area contributed by atoms with E-state index in [0.29, 0.717) is 24.3 Å². The molecule has 1 aromatic carbocycles. The SMILES string of the molecule is O=C(O)CN(CC1CC1)C1CC(NC(=O)CC2CCc3ccccc3C2)C1. The molecule has 0 heterocycles. The molecule has 5 heteroatoms. The monoisotopic (exact) mass is 370 g/mol. The van der Waals surface area contributed by atoms with E-state index in [9.17, 15) is 9.59 Å². The number of carbonyl (C=O) groups excluding carboxylic acids is 1. The molecule has 0 saturated heterocycles. The zero-order valence-electron chi connectivity index (χ0n) is 15.9. The quantitative estimate of drug-likeness (QED) is 0.738. The van der Waals surface area contributed by atoms with E-state index in [2.05, 4.69) is 34.5 Å². The van der Waals surface area contributed by atoms with Gasteiger partial charge < -0.3 is 10.4 Å². The molecule has 2 fully saturated rings. The number of carbonyl (C=O) groups is 2. The molecule has 3 aliphatic carbocycles. The molecule has 0 radical (unpaired) electrons. The maximum atomic E-state index is 12.4. The fourth-order valence-electron chi connectivity index (χ4n) is 4.65. The summed E-state index contributed by atoms with van der Waals surface area (Å²) in [6.07, 6.45) is 8.01. The second kappa shape index (κ2) is 8.01. The first-order chi connectivity index (χ1) is 13.1. The lowest BCUT2D eigenvalue weighted by molar-refractivity contribution is -0.140. The van der Waals surface area contributed by atoms with Gasteiger partial charge in [0.05, 0.1) is 6.54 Å². The average Bonchev–Trinajstić information content (AvgIpc) is 3.41. The highest BCUT2D eigenvalue weighted by Crippen LogP contribution is 2.34. The number of aliphatic carboxylic acids is 1. The molecule has 1 aromatic rings. The van der Waals surface area contributed by atoms with Gasteiger partial charge in [-0.3, -0.25) is 14.5 Å². The molecule has 2 saturated carbocycles. The summed E-state index contributed by atoms with van der Waals surface area (Å²) in [5, 5.41) is 12.3. The lowest BCUT2D eigenvalue weighted by Crippen LogP contribution is -2.55. The van der Waals surface area contributed by atoms with Crippen molar-refractivity contribution >= 4 is 11.9 Å². The third-order valence-corrected chi connectivity index (χ3v) is 6.45. The normalized spacial score (nSPS) is 26.9. The highest BCUT2D eigenvalue weighted by atomic mass is 16.4. The van der Waals surface area contributed by atoms with Crippen molar-refractivity contribution < 1.29 is 14.7 Å². The Labute approximate surface area is 161 Å². The molecule has 4 rings (SSSR count). The fourth-order valence-corrected chi connectivity index (χ4v) is 4.65. The summed E-state index contributed by atoms with van der Waals surface area (Å²) in [6, 6.07) is 9.09. The molecule has 0 aromatic heterocycles. The highest BCUT2D eigenvalue weighted by Gasteiger charge is 2.37. The van der Waals surface area contributed by atoms with Crippen LogP contribution >= 0.6 is 0 Å². The summed E-state index contributed by atoms with van der Waals surface area (Å²) in [5.74, 6) is 0.539. The number of aryl methyl sites for hydroxylation is 1. The first-order valence-electron chi connectivity index (χ1n) is 10.4. The molecule has 2 N–H and O–H groups in total. The molecule has 0 bridgehead atoms. The van der Waals surface area contributed by atoms with Gasteiger partial charge in [0.1, 0.15) is 0 Å². The number of nitrogens with one attached hydrogen (secondary N) is 1. The Balaban J connectivity index is 1.20. The molecule has 27 heavy (non-hydrogen) atoms. The maximum Gasteiger partial charge on any atom is 0.317 e. The second-order valence-electron chi connectivity index (χ2n) is 8.74. The Morgan fingerprint density at radius 2 is 1.81 bits per heavy atom. The second-order valence-corrected chi connectivity index (χ2v) is 8.74. The minimum absolute atomic E-state index is 0.128. The molecule has 0 aliphatic heterocycles. The fraction of sp³-hybridized carbons (Fsp3) is 0.636. The molecule has 3 aliphatic rings. The molecule has 1 unspecified atom stereocenters. The molecular formula is C22H30N2O3. The van der Waals surface area contributed by atoms with Crippen LogP contribution in [0, 0.1) is 11.8 Å². The zero-order chi connectivity index (χ0) is 18.8. The predicted octanol–water partition coefficient (Wildman–Crippen LogP) is 2.63. The molecule has 1 amide bonds. The van der Waals surface area contributed by atoms with Crippen LogP contribution in [0.4, 0.5) is 0 Å². The number of fused-ring (bicyclic) bond motifs is 1. The van der Waals surface area contributed by atoms with Crippen LogP contribution in [0.25, 0.3) is 0 Å². The molecule has 146 valence electrons. The topological polar surface area (TPSA) is 69.6 Å². The Morgan fingerprint density at radius 3 is 2.52 bits per heavy atom. The van der Waals surface area contributed by atoms with Crippen LogP contribution in [0.3, 0.4) is 0 Å².